The van der Waals surface area contributed by atoms with Gasteiger partial charge in [-0.15, -0.1) is 0 Å². The van der Waals surface area contributed by atoms with Crippen molar-refractivity contribution in [1.82, 2.24) is 0 Å². The highest BCUT2D eigenvalue weighted by atomic mass is 16.5. The molecule has 0 amide bonds. The number of hydrogen-bond donors (Lipinski definition) is 0. The van der Waals surface area contributed by atoms with Crippen LogP contribution in [0.4, 0.5) is 5.69 Å². The Kier molecular flexibility index (Phi) is 2.52. The van der Waals surface area contributed by atoms with Crippen LogP contribution in [0.3, 0.4) is 0 Å². The zero-order valence-corrected chi connectivity index (χ0v) is 10.0. The van der Waals surface area contributed by atoms with Crippen molar-refractivity contribution in [2.75, 3.05) is 0 Å². The van der Waals surface area contributed by atoms with Gasteiger partial charge in [0.25, 0.3) is 5.69 Å². The van der Waals surface area contributed by atoms with Crippen molar-refractivity contribution >= 4 is 11.4 Å². The average molecular weight is 239 g/mol. The number of ether oxygens (including phenoxy) is 1. The quantitative estimate of drug-likeness (QED) is 0.566. The maximum atomic E-state index is 12.4. The minimum atomic E-state index is -0.250. The summed E-state index contributed by atoms with van der Waals surface area (Å²) in [5, 5.41) is 12.4. The summed E-state index contributed by atoms with van der Waals surface area (Å²) in [5.74, 6) is 0.639. The molecular formula is C15H13NO2. The number of nitrogens with zero attached hydrogens (tertiary/aromatic N) is 1. The van der Waals surface area contributed by atoms with E-state index in [1.807, 2.05) is 55.5 Å². The van der Waals surface area contributed by atoms with Gasteiger partial charge in [0, 0.05) is 11.6 Å². The van der Waals surface area contributed by atoms with Crippen LogP contribution >= 0.6 is 0 Å². The molecule has 2 aromatic rings. The summed E-state index contributed by atoms with van der Waals surface area (Å²) in [5.41, 5.74) is 2.11. The van der Waals surface area contributed by atoms with Gasteiger partial charge in [0.1, 0.15) is 0 Å². The first-order chi connectivity index (χ1) is 8.77. The summed E-state index contributed by atoms with van der Waals surface area (Å²) >= 11 is 0. The highest BCUT2D eigenvalue weighted by Gasteiger charge is 2.31. The first kappa shape index (κ1) is 10.8. The number of hydrogen-bond acceptors (Lipinski definition) is 2. The Bertz CT molecular complexity index is 605. The van der Waals surface area contributed by atoms with Crippen LogP contribution in [0, 0.1) is 5.21 Å². The van der Waals surface area contributed by atoms with Crippen molar-refractivity contribution in [2.45, 2.75) is 13.0 Å². The Labute approximate surface area is 106 Å². The van der Waals surface area contributed by atoms with Gasteiger partial charge < -0.3 is 9.94 Å². The molecular weight excluding hydrogens is 226 g/mol. The van der Waals surface area contributed by atoms with Gasteiger partial charge in [0.15, 0.2) is 11.9 Å². The molecule has 3 nitrogen and oxygen atoms in total. The Balaban J connectivity index is 2.20. The van der Waals surface area contributed by atoms with Crippen molar-refractivity contribution in [3.8, 4) is 5.75 Å². The lowest BCUT2D eigenvalue weighted by atomic mass is 10.0. The van der Waals surface area contributed by atoms with Crippen molar-refractivity contribution in [3.63, 3.8) is 0 Å². The third-order valence-corrected chi connectivity index (χ3v) is 3.06. The smallest absolute Gasteiger partial charge is 0.259 e. The fourth-order valence-corrected chi connectivity index (χ4v) is 2.23. The largest absolute Gasteiger partial charge is 0.618 e. The summed E-state index contributed by atoms with van der Waals surface area (Å²) in [6.45, 7) is 1.89. The summed E-state index contributed by atoms with van der Waals surface area (Å²) in [6.07, 6.45) is -0.250. The molecule has 1 aliphatic heterocycles. The van der Waals surface area contributed by atoms with Gasteiger partial charge in [-0.1, -0.05) is 30.3 Å². The van der Waals surface area contributed by atoms with E-state index in [0.29, 0.717) is 17.1 Å². The van der Waals surface area contributed by atoms with Gasteiger partial charge in [-0.2, -0.15) is 4.74 Å². The van der Waals surface area contributed by atoms with Gasteiger partial charge >= 0.3 is 0 Å². The zero-order valence-electron chi connectivity index (χ0n) is 10.0. The third kappa shape index (κ3) is 1.64. The van der Waals surface area contributed by atoms with Gasteiger partial charge in [0.2, 0.25) is 5.71 Å². The van der Waals surface area contributed by atoms with Crippen LogP contribution in [-0.2, 0) is 0 Å². The molecule has 0 aromatic heterocycles. The van der Waals surface area contributed by atoms with Crippen LogP contribution in [0.15, 0.2) is 54.6 Å². The molecule has 0 bridgehead atoms. The maximum absolute atomic E-state index is 12.4. The fourth-order valence-electron chi connectivity index (χ4n) is 2.23. The van der Waals surface area contributed by atoms with Gasteiger partial charge in [0.05, 0.1) is 0 Å². The predicted molar refractivity (Wildman–Crippen MR) is 70.4 cm³/mol. The van der Waals surface area contributed by atoms with Crippen LogP contribution in [-0.4, -0.2) is 16.6 Å². The highest BCUT2D eigenvalue weighted by Crippen LogP contribution is 2.32. The van der Waals surface area contributed by atoms with E-state index in [1.165, 1.54) is 0 Å². The van der Waals surface area contributed by atoms with Gasteiger partial charge in [-0.05, 0) is 25.1 Å². The number of rotatable bonds is 1. The van der Waals surface area contributed by atoms with Gasteiger partial charge in [-0.3, -0.25) is 0 Å². The summed E-state index contributed by atoms with van der Waals surface area (Å²) in [6, 6.07) is 16.9. The van der Waals surface area contributed by atoms with Crippen LogP contribution in [0.2, 0.25) is 0 Å². The normalized spacial score (nSPS) is 18.2. The molecule has 0 radical (unpaired) electrons. The molecule has 2 aromatic carbocycles. The zero-order chi connectivity index (χ0) is 12.5. The van der Waals surface area contributed by atoms with Crippen LogP contribution < -0.4 is 4.74 Å². The number of fused-ring (bicyclic) bond motifs is 1. The van der Waals surface area contributed by atoms with E-state index >= 15 is 0 Å². The number of para-hydroxylation sites is 2. The molecule has 1 unspecified atom stereocenters. The monoisotopic (exact) mass is 239 g/mol. The Morgan fingerprint density at radius 2 is 1.67 bits per heavy atom. The highest BCUT2D eigenvalue weighted by molar-refractivity contribution is 6.01. The molecule has 18 heavy (non-hydrogen) atoms. The maximum Gasteiger partial charge on any atom is 0.259 e. The molecule has 1 heterocycles. The molecule has 3 heteroatoms. The van der Waals surface area contributed by atoms with Crippen molar-refractivity contribution in [2.24, 2.45) is 0 Å². The molecule has 90 valence electrons. The van der Waals surface area contributed by atoms with E-state index in [2.05, 4.69) is 0 Å². The first-order valence-corrected chi connectivity index (χ1v) is 5.92. The minimum absolute atomic E-state index is 0.250. The molecule has 1 atom stereocenters. The SMILES string of the molecule is CC1Oc2ccccc2[N+]([O-])=C1c1ccccc1. The third-order valence-electron chi connectivity index (χ3n) is 3.06. The summed E-state index contributed by atoms with van der Waals surface area (Å²) in [4.78, 5) is 0. The first-order valence-electron chi connectivity index (χ1n) is 5.92. The lowest BCUT2D eigenvalue weighted by Gasteiger charge is -2.23. The lowest BCUT2D eigenvalue weighted by molar-refractivity contribution is -0.370. The molecule has 1 aliphatic rings. The van der Waals surface area contributed by atoms with E-state index < -0.39 is 0 Å². The van der Waals surface area contributed by atoms with E-state index in [-0.39, 0.29) is 6.10 Å². The summed E-state index contributed by atoms with van der Waals surface area (Å²) in [7, 11) is 0. The molecule has 0 saturated heterocycles. The van der Waals surface area contributed by atoms with E-state index in [0.717, 1.165) is 10.3 Å². The molecule has 0 N–H and O–H groups in total. The fraction of sp³-hybridized carbons (Fsp3) is 0.133. The van der Waals surface area contributed by atoms with Crippen molar-refractivity contribution < 1.29 is 9.48 Å². The molecule has 0 spiro atoms. The Hall–Kier alpha value is -2.29. The van der Waals surface area contributed by atoms with Crippen molar-refractivity contribution in [3.05, 3.63) is 65.4 Å². The van der Waals surface area contributed by atoms with Crippen LogP contribution in [0.5, 0.6) is 5.75 Å². The standard InChI is InChI=1S/C15H13NO2/c1-11-15(12-7-3-2-4-8-12)16(17)13-9-5-6-10-14(13)18-11/h2-11H,1H3. The Morgan fingerprint density at radius 3 is 2.44 bits per heavy atom. The predicted octanol–water partition coefficient (Wildman–Crippen LogP) is 3.10. The second-order valence-corrected chi connectivity index (χ2v) is 4.27. The van der Waals surface area contributed by atoms with E-state index in [9.17, 15) is 5.21 Å². The lowest BCUT2D eigenvalue weighted by Crippen LogP contribution is -2.34. The van der Waals surface area contributed by atoms with Crippen molar-refractivity contribution in [1.29, 1.82) is 0 Å². The number of benzene rings is 2. The Morgan fingerprint density at radius 1 is 1.00 bits per heavy atom. The molecule has 0 fully saturated rings. The minimum Gasteiger partial charge on any atom is -0.618 e. The molecule has 0 saturated carbocycles. The van der Waals surface area contributed by atoms with Gasteiger partial charge in [-0.25, -0.2) is 0 Å². The van der Waals surface area contributed by atoms with Crippen LogP contribution in [0.25, 0.3) is 0 Å². The molecule has 3 rings (SSSR count). The topological polar surface area (TPSA) is 35.3 Å². The molecule has 0 aliphatic carbocycles. The van der Waals surface area contributed by atoms with E-state index in [4.69, 9.17) is 4.74 Å². The average Bonchev–Trinajstić information content (AvgIpc) is 2.40. The van der Waals surface area contributed by atoms with E-state index in [1.54, 1.807) is 6.07 Å². The van der Waals surface area contributed by atoms with Crippen LogP contribution in [0.1, 0.15) is 12.5 Å². The second-order valence-electron chi connectivity index (χ2n) is 4.27. The second kappa shape index (κ2) is 4.18. The summed E-state index contributed by atoms with van der Waals surface area (Å²) < 4.78 is 6.76.